The predicted molar refractivity (Wildman–Crippen MR) is 94.8 cm³/mol. The Balaban J connectivity index is 1.40. The number of carbonyl (C=O) groups is 1. The first-order valence-electron chi connectivity index (χ1n) is 8.54. The van der Waals surface area contributed by atoms with Crippen molar-refractivity contribution in [1.82, 2.24) is 10.2 Å². The average molecular weight is 342 g/mol. The standard InChI is InChI=1S/C18H22N4OS/c1-10-2-4-11(5-3-10)8-14-21-22-18(24-14)20-17(23)15-12-6-7-13(9-12)16(15)19/h2-5,12-13,15-16H,6-9,19H2,1H3,(H,20,22,23). The Kier molecular flexibility index (Phi) is 4.10. The van der Waals surface area contributed by atoms with Crippen molar-refractivity contribution in [2.24, 2.45) is 23.5 Å². The summed E-state index contributed by atoms with van der Waals surface area (Å²) in [7, 11) is 0. The Labute approximate surface area is 145 Å². The highest BCUT2D eigenvalue weighted by Gasteiger charge is 2.49. The second kappa shape index (κ2) is 6.26. The lowest BCUT2D eigenvalue weighted by atomic mass is 9.84. The summed E-state index contributed by atoms with van der Waals surface area (Å²) >= 11 is 1.45. The van der Waals surface area contributed by atoms with Gasteiger partial charge in [0.1, 0.15) is 5.01 Å². The van der Waals surface area contributed by atoms with Crippen LogP contribution in [0.2, 0.25) is 0 Å². The third-order valence-electron chi connectivity index (χ3n) is 5.46. The van der Waals surface area contributed by atoms with Crippen molar-refractivity contribution >= 4 is 22.4 Å². The third kappa shape index (κ3) is 2.96. The first kappa shape index (κ1) is 15.7. The summed E-state index contributed by atoms with van der Waals surface area (Å²) in [6, 6.07) is 8.39. The number of carbonyl (C=O) groups excluding carboxylic acids is 1. The molecule has 2 saturated carbocycles. The van der Waals surface area contributed by atoms with Gasteiger partial charge in [0, 0.05) is 12.5 Å². The van der Waals surface area contributed by atoms with E-state index < -0.39 is 0 Å². The summed E-state index contributed by atoms with van der Waals surface area (Å²) in [5.74, 6) is 0.933. The molecule has 1 aromatic heterocycles. The van der Waals surface area contributed by atoms with Gasteiger partial charge in [0.15, 0.2) is 0 Å². The number of benzene rings is 1. The minimum Gasteiger partial charge on any atom is -0.327 e. The maximum atomic E-state index is 12.6. The van der Waals surface area contributed by atoms with Crippen LogP contribution in [0.15, 0.2) is 24.3 Å². The first-order valence-corrected chi connectivity index (χ1v) is 9.36. The molecule has 0 spiro atoms. The molecule has 2 fully saturated rings. The number of nitrogens with two attached hydrogens (primary N) is 1. The Bertz CT molecular complexity index is 740. The zero-order chi connectivity index (χ0) is 16.7. The van der Waals surface area contributed by atoms with Gasteiger partial charge in [-0.25, -0.2) is 0 Å². The van der Waals surface area contributed by atoms with Gasteiger partial charge in [0.05, 0.1) is 5.92 Å². The molecule has 3 N–H and O–H groups in total. The minimum absolute atomic E-state index is 0.00343. The SMILES string of the molecule is Cc1ccc(Cc2nnc(NC(=O)C3C4CCC(C4)C3N)s2)cc1. The fraction of sp³-hybridized carbons (Fsp3) is 0.500. The van der Waals surface area contributed by atoms with Crippen LogP contribution in [0.25, 0.3) is 0 Å². The summed E-state index contributed by atoms with van der Waals surface area (Å²) in [4.78, 5) is 12.6. The highest BCUT2D eigenvalue weighted by atomic mass is 32.1. The largest absolute Gasteiger partial charge is 0.327 e. The zero-order valence-electron chi connectivity index (χ0n) is 13.7. The van der Waals surface area contributed by atoms with Crippen LogP contribution < -0.4 is 11.1 Å². The molecule has 2 aliphatic carbocycles. The van der Waals surface area contributed by atoms with Gasteiger partial charge in [-0.3, -0.25) is 4.79 Å². The topological polar surface area (TPSA) is 80.9 Å². The molecule has 5 nitrogen and oxygen atoms in total. The average Bonchev–Trinajstić information content (AvgIpc) is 3.26. The number of hydrogen-bond acceptors (Lipinski definition) is 5. The second-order valence-electron chi connectivity index (χ2n) is 7.09. The summed E-state index contributed by atoms with van der Waals surface area (Å²) in [5.41, 5.74) is 8.69. The molecule has 1 aromatic carbocycles. The van der Waals surface area contributed by atoms with E-state index in [1.807, 2.05) is 0 Å². The van der Waals surface area contributed by atoms with Crippen molar-refractivity contribution in [1.29, 1.82) is 0 Å². The number of hydrogen-bond donors (Lipinski definition) is 2. The number of nitrogens with one attached hydrogen (secondary N) is 1. The maximum Gasteiger partial charge on any atom is 0.231 e. The van der Waals surface area contributed by atoms with E-state index in [1.165, 1.54) is 28.9 Å². The van der Waals surface area contributed by atoms with Gasteiger partial charge in [-0.05, 0) is 43.6 Å². The van der Waals surface area contributed by atoms with Gasteiger partial charge in [-0.1, -0.05) is 41.2 Å². The molecule has 126 valence electrons. The van der Waals surface area contributed by atoms with Crippen LogP contribution in [0.1, 0.15) is 35.4 Å². The summed E-state index contributed by atoms with van der Waals surface area (Å²) in [6.45, 7) is 2.07. The number of anilines is 1. The molecule has 24 heavy (non-hydrogen) atoms. The predicted octanol–water partition coefficient (Wildman–Crippen LogP) is 2.75. The molecule has 1 heterocycles. The van der Waals surface area contributed by atoms with Gasteiger partial charge in [0.25, 0.3) is 0 Å². The first-order chi connectivity index (χ1) is 11.6. The monoisotopic (exact) mass is 342 g/mol. The van der Waals surface area contributed by atoms with Crippen LogP contribution >= 0.6 is 11.3 Å². The molecule has 0 saturated heterocycles. The second-order valence-corrected chi connectivity index (χ2v) is 8.15. The lowest BCUT2D eigenvalue weighted by Crippen LogP contribution is -2.42. The molecule has 6 heteroatoms. The Morgan fingerprint density at radius 3 is 2.71 bits per heavy atom. The van der Waals surface area contributed by atoms with E-state index in [0.717, 1.165) is 24.3 Å². The van der Waals surface area contributed by atoms with Crippen LogP contribution in [-0.2, 0) is 11.2 Å². The van der Waals surface area contributed by atoms with Crippen molar-refractivity contribution in [2.75, 3.05) is 5.32 Å². The van der Waals surface area contributed by atoms with E-state index in [-0.39, 0.29) is 17.9 Å². The van der Waals surface area contributed by atoms with E-state index in [0.29, 0.717) is 17.0 Å². The number of aromatic nitrogens is 2. The number of rotatable bonds is 4. The van der Waals surface area contributed by atoms with Gasteiger partial charge in [0.2, 0.25) is 11.0 Å². The fourth-order valence-electron chi connectivity index (χ4n) is 4.17. The fourth-order valence-corrected chi connectivity index (χ4v) is 4.95. The highest BCUT2D eigenvalue weighted by molar-refractivity contribution is 7.15. The number of aryl methyl sites for hydroxylation is 1. The van der Waals surface area contributed by atoms with E-state index in [2.05, 4.69) is 46.7 Å². The van der Waals surface area contributed by atoms with Crippen LogP contribution in [0.4, 0.5) is 5.13 Å². The van der Waals surface area contributed by atoms with Crippen LogP contribution in [-0.4, -0.2) is 22.1 Å². The molecule has 4 atom stereocenters. The van der Waals surface area contributed by atoms with Crippen LogP contribution in [0, 0.1) is 24.7 Å². The molecule has 2 bridgehead atoms. The van der Waals surface area contributed by atoms with Crippen LogP contribution in [0.3, 0.4) is 0 Å². The van der Waals surface area contributed by atoms with Crippen molar-refractivity contribution in [3.8, 4) is 0 Å². The summed E-state index contributed by atoms with van der Waals surface area (Å²) in [5, 5.41) is 12.8. The van der Waals surface area contributed by atoms with E-state index in [4.69, 9.17) is 5.73 Å². The molecule has 4 unspecified atom stereocenters. The molecule has 4 rings (SSSR count). The summed E-state index contributed by atoms with van der Waals surface area (Å²) in [6.07, 6.45) is 4.15. The van der Waals surface area contributed by atoms with E-state index >= 15 is 0 Å². The van der Waals surface area contributed by atoms with E-state index in [1.54, 1.807) is 0 Å². The molecule has 2 aromatic rings. The van der Waals surface area contributed by atoms with Crippen molar-refractivity contribution in [3.05, 3.63) is 40.4 Å². The van der Waals surface area contributed by atoms with Crippen molar-refractivity contribution < 1.29 is 4.79 Å². The lowest BCUT2D eigenvalue weighted by molar-refractivity contribution is -0.121. The number of fused-ring (bicyclic) bond motifs is 2. The number of amides is 1. The van der Waals surface area contributed by atoms with Gasteiger partial charge >= 0.3 is 0 Å². The summed E-state index contributed by atoms with van der Waals surface area (Å²) < 4.78 is 0. The Morgan fingerprint density at radius 2 is 2.00 bits per heavy atom. The van der Waals surface area contributed by atoms with Gasteiger partial charge < -0.3 is 11.1 Å². The molecule has 0 aliphatic heterocycles. The quantitative estimate of drug-likeness (QED) is 0.895. The normalized spacial score (nSPS) is 28.2. The smallest absolute Gasteiger partial charge is 0.231 e. The molecular weight excluding hydrogens is 320 g/mol. The third-order valence-corrected chi connectivity index (χ3v) is 6.29. The lowest BCUT2D eigenvalue weighted by Gasteiger charge is -2.26. The highest BCUT2D eigenvalue weighted by Crippen LogP contribution is 2.47. The molecule has 0 radical (unpaired) electrons. The minimum atomic E-state index is -0.0619. The Morgan fingerprint density at radius 1 is 1.25 bits per heavy atom. The maximum absolute atomic E-state index is 12.6. The molecule has 2 aliphatic rings. The number of nitrogens with zero attached hydrogens (tertiary/aromatic N) is 2. The van der Waals surface area contributed by atoms with E-state index in [9.17, 15) is 4.79 Å². The van der Waals surface area contributed by atoms with Gasteiger partial charge in [-0.2, -0.15) is 0 Å². The zero-order valence-corrected chi connectivity index (χ0v) is 14.6. The van der Waals surface area contributed by atoms with Crippen molar-refractivity contribution in [2.45, 2.75) is 38.6 Å². The van der Waals surface area contributed by atoms with Crippen molar-refractivity contribution in [3.63, 3.8) is 0 Å². The Hall–Kier alpha value is -1.79. The molecular formula is C18H22N4OS. The molecule has 1 amide bonds. The van der Waals surface area contributed by atoms with Crippen LogP contribution in [0.5, 0.6) is 0 Å². The van der Waals surface area contributed by atoms with Gasteiger partial charge in [-0.15, -0.1) is 10.2 Å².